The number of nitro groups is 1. The summed E-state index contributed by atoms with van der Waals surface area (Å²) in [6.45, 7) is 4.20. The van der Waals surface area contributed by atoms with E-state index >= 15 is 0 Å². The van der Waals surface area contributed by atoms with Crippen molar-refractivity contribution in [2.75, 3.05) is 4.90 Å². The zero-order valence-corrected chi connectivity index (χ0v) is 20.1. The molecular weight excluding hydrogens is 478 g/mol. The van der Waals surface area contributed by atoms with Gasteiger partial charge in [-0.3, -0.25) is 24.6 Å². The Morgan fingerprint density at radius 1 is 1.06 bits per heavy atom. The van der Waals surface area contributed by atoms with E-state index in [2.05, 4.69) is 19.9 Å². The van der Waals surface area contributed by atoms with Gasteiger partial charge >= 0.3 is 0 Å². The van der Waals surface area contributed by atoms with Gasteiger partial charge in [0.1, 0.15) is 5.58 Å². The fourth-order valence-electron chi connectivity index (χ4n) is 4.63. The second-order valence-electron chi connectivity index (χ2n) is 8.98. The fourth-order valence-corrected chi connectivity index (χ4v) is 5.67. The zero-order valence-electron chi connectivity index (χ0n) is 19.3. The number of nitro benzene ring substituents is 1. The van der Waals surface area contributed by atoms with Crippen molar-refractivity contribution in [2.45, 2.75) is 25.8 Å². The van der Waals surface area contributed by atoms with E-state index in [-0.39, 0.29) is 22.4 Å². The Labute approximate surface area is 208 Å². The van der Waals surface area contributed by atoms with Crippen LogP contribution in [-0.4, -0.2) is 15.8 Å². The second-order valence-corrected chi connectivity index (χ2v) is 9.99. The van der Waals surface area contributed by atoms with E-state index in [0.29, 0.717) is 27.6 Å². The second kappa shape index (κ2) is 8.10. The van der Waals surface area contributed by atoms with Crippen molar-refractivity contribution in [1.29, 1.82) is 0 Å². The molecule has 36 heavy (non-hydrogen) atoms. The lowest BCUT2D eigenvalue weighted by Gasteiger charge is -2.22. The molecule has 6 rings (SSSR count). The smallest absolute Gasteiger partial charge is 0.297 e. The van der Waals surface area contributed by atoms with Gasteiger partial charge in [0.15, 0.2) is 10.6 Å². The zero-order chi connectivity index (χ0) is 25.1. The molecule has 178 valence electrons. The van der Waals surface area contributed by atoms with E-state index in [1.54, 1.807) is 36.4 Å². The number of carbonyl (C=O) groups excluding carboxylic acids is 1. The molecule has 0 spiro atoms. The van der Waals surface area contributed by atoms with Crippen LogP contribution in [0.15, 0.2) is 75.9 Å². The number of aromatic nitrogens is 1. The normalized spacial score (nSPS) is 15.2. The molecule has 9 heteroatoms. The summed E-state index contributed by atoms with van der Waals surface area (Å²) in [5.74, 6) is -0.255. The number of anilines is 1. The summed E-state index contributed by atoms with van der Waals surface area (Å²) in [5, 5.41) is 12.2. The monoisotopic (exact) mass is 497 g/mol. The van der Waals surface area contributed by atoms with Gasteiger partial charge in [0, 0.05) is 12.1 Å². The SMILES string of the molecule is CC(C)c1ccc2nc(N3C(=O)c4oc5ccccc5c(=O)c4C3c3cccc([N+](=O)[O-])c3)sc2c1. The molecule has 0 N–H and O–H groups in total. The quantitative estimate of drug-likeness (QED) is 0.217. The Morgan fingerprint density at radius 2 is 1.86 bits per heavy atom. The molecule has 0 saturated heterocycles. The highest BCUT2D eigenvalue weighted by Crippen LogP contribution is 2.44. The van der Waals surface area contributed by atoms with Crippen LogP contribution in [0.25, 0.3) is 21.2 Å². The molecule has 0 bridgehead atoms. The van der Waals surface area contributed by atoms with Gasteiger partial charge in [0.05, 0.1) is 32.1 Å². The Morgan fingerprint density at radius 3 is 2.64 bits per heavy atom. The standard InChI is InChI=1S/C27H19N3O5S/c1-14(2)15-10-11-19-21(13-15)36-27(28-19)29-23(16-6-5-7-17(12-16)30(33)34)22-24(31)18-8-3-4-9-20(18)35-25(22)26(29)32/h3-14,23H,1-2H3. The number of rotatable bonds is 4. The van der Waals surface area contributed by atoms with E-state index in [1.807, 2.05) is 12.1 Å². The van der Waals surface area contributed by atoms with Crippen LogP contribution in [0.1, 0.15) is 53.1 Å². The molecule has 1 amide bonds. The Kier molecular flexibility index (Phi) is 4.97. The van der Waals surface area contributed by atoms with Crippen LogP contribution in [0.3, 0.4) is 0 Å². The maximum absolute atomic E-state index is 13.8. The topological polar surface area (TPSA) is 107 Å². The Hall–Kier alpha value is -4.37. The van der Waals surface area contributed by atoms with Crippen molar-refractivity contribution in [3.63, 3.8) is 0 Å². The number of benzene rings is 3. The van der Waals surface area contributed by atoms with Gasteiger partial charge in [-0.25, -0.2) is 4.98 Å². The summed E-state index contributed by atoms with van der Waals surface area (Å²) in [6, 6.07) is 17.8. The van der Waals surface area contributed by atoms with E-state index in [0.717, 1.165) is 15.8 Å². The van der Waals surface area contributed by atoms with Crippen LogP contribution in [0.2, 0.25) is 0 Å². The number of amides is 1. The lowest BCUT2D eigenvalue weighted by molar-refractivity contribution is -0.384. The van der Waals surface area contributed by atoms with E-state index in [1.165, 1.54) is 28.4 Å². The average Bonchev–Trinajstić information content (AvgIpc) is 3.42. The molecule has 8 nitrogen and oxygen atoms in total. The predicted molar refractivity (Wildman–Crippen MR) is 138 cm³/mol. The minimum Gasteiger partial charge on any atom is -0.450 e. The van der Waals surface area contributed by atoms with Crippen LogP contribution in [-0.2, 0) is 0 Å². The van der Waals surface area contributed by atoms with Crippen LogP contribution in [0.4, 0.5) is 10.8 Å². The van der Waals surface area contributed by atoms with Crippen LogP contribution in [0.5, 0.6) is 0 Å². The molecule has 3 heterocycles. The molecule has 5 aromatic rings. The Balaban J connectivity index is 1.61. The molecule has 0 aliphatic carbocycles. The molecule has 2 aromatic heterocycles. The first kappa shape index (κ1) is 22.1. The number of carbonyl (C=O) groups is 1. The van der Waals surface area contributed by atoms with E-state index in [4.69, 9.17) is 9.40 Å². The third kappa shape index (κ3) is 3.31. The first-order chi connectivity index (χ1) is 17.3. The van der Waals surface area contributed by atoms with Crippen molar-refractivity contribution < 1.29 is 14.1 Å². The van der Waals surface area contributed by atoms with Gasteiger partial charge in [-0.2, -0.15) is 0 Å². The largest absolute Gasteiger partial charge is 0.450 e. The summed E-state index contributed by atoms with van der Waals surface area (Å²) in [4.78, 5) is 44.6. The van der Waals surface area contributed by atoms with E-state index in [9.17, 15) is 19.7 Å². The number of non-ortho nitro benzene ring substituents is 1. The van der Waals surface area contributed by atoms with Gasteiger partial charge in [0.25, 0.3) is 11.6 Å². The van der Waals surface area contributed by atoms with Crippen molar-refractivity contribution in [2.24, 2.45) is 0 Å². The third-order valence-corrected chi connectivity index (χ3v) is 7.47. The first-order valence-corrected chi connectivity index (χ1v) is 12.2. The average molecular weight is 498 g/mol. The number of nitrogens with zero attached hydrogens (tertiary/aromatic N) is 3. The summed E-state index contributed by atoms with van der Waals surface area (Å²) in [5.41, 5.74) is 2.28. The van der Waals surface area contributed by atoms with Crippen molar-refractivity contribution >= 4 is 49.2 Å². The number of para-hydroxylation sites is 1. The van der Waals surface area contributed by atoms with E-state index < -0.39 is 16.9 Å². The number of hydrogen-bond acceptors (Lipinski definition) is 7. The molecule has 0 radical (unpaired) electrons. The van der Waals surface area contributed by atoms with Crippen LogP contribution in [0, 0.1) is 10.1 Å². The lowest BCUT2D eigenvalue weighted by atomic mass is 9.98. The molecule has 0 saturated carbocycles. The van der Waals surface area contributed by atoms with Gasteiger partial charge in [-0.15, -0.1) is 0 Å². The predicted octanol–water partition coefficient (Wildman–Crippen LogP) is 6.18. The van der Waals surface area contributed by atoms with Gasteiger partial charge in [-0.05, 0) is 41.3 Å². The van der Waals surface area contributed by atoms with Crippen molar-refractivity contribution in [3.8, 4) is 0 Å². The number of hydrogen-bond donors (Lipinski definition) is 0. The van der Waals surface area contributed by atoms with Crippen LogP contribution < -0.4 is 10.3 Å². The Bertz CT molecular complexity index is 1770. The van der Waals surface area contributed by atoms with Crippen molar-refractivity contribution in [3.05, 3.63) is 110 Å². The number of fused-ring (bicyclic) bond motifs is 3. The van der Waals surface area contributed by atoms with Gasteiger partial charge in [0.2, 0.25) is 5.76 Å². The molecule has 1 unspecified atom stereocenters. The maximum Gasteiger partial charge on any atom is 0.297 e. The fraction of sp³-hybridized carbons (Fsp3) is 0.148. The minimum atomic E-state index is -0.918. The lowest BCUT2D eigenvalue weighted by Crippen LogP contribution is -2.29. The summed E-state index contributed by atoms with van der Waals surface area (Å²) < 4.78 is 6.86. The van der Waals surface area contributed by atoms with Gasteiger partial charge in [-0.1, -0.05) is 55.5 Å². The minimum absolute atomic E-state index is 0.0719. The summed E-state index contributed by atoms with van der Waals surface area (Å²) >= 11 is 1.34. The van der Waals surface area contributed by atoms with Crippen molar-refractivity contribution in [1.82, 2.24) is 4.98 Å². The molecule has 1 atom stereocenters. The third-order valence-electron chi connectivity index (χ3n) is 6.45. The molecular formula is C27H19N3O5S. The van der Waals surface area contributed by atoms with Gasteiger partial charge < -0.3 is 4.42 Å². The maximum atomic E-state index is 13.8. The summed E-state index contributed by atoms with van der Waals surface area (Å²) in [7, 11) is 0. The highest BCUT2D eigenvalue weighted by molar-refractivity contribution is 7.22. The molecule has 1 aliphatic rings. The molecule has 0 fully saturated rings. The number of thiazole rings is 1. The first-order valence-electron chi connectivity index (χ1n) is 11.4. The molecule has 3 aromatic carbocycles. The van der Waals surface area contributed by atoms with Crippen LogP contribution >= 0.6 is 11.3 Å². The summed E-state index contributed by atoms with van der Waals surface area (Å²) in [6.07, 6.45) is 0. The highest BCUT2D eigenvalue weighted by atomic mass is 32.1. The highest BCUT2D eigenvalue weighted by Gasteiger charge is 2.45. The molecule has 1 aliphatic heterocycles.